The molecular weight excluding hydrogens is 208 g/mol. The maximum Gasteiger partial charge on any atom is 0.129 e. The van der Waals surface area contributed by atoms with E-state index >= 15 is 0 Å². The maximum atomic E-state index is 13.6. The quantitative estimate of drug-likeness (QED) is 0.833. The van der Waals surface area contributed by atoms with Crippen LogP contribution in [0.5, 0.6) is 0 Å². The van der Waals surface area contributed by atoms with Gasteiger partial charge in [0.25, 0.3) is 0 Å². The Morgan fingerprint density at radius 2 is 2.12 bits per heavy atom. The van der Waals surface area contributed by atoms with Gasteiger partial charge in [-0.2, -0.15) is 0 Å². The molecule has 0 aromatic heterocycles. The minimum atomic E-state index is -0.478. The molecule has 1 N–H and O–H groups in total. The number of hydrogen-bond acceptors (Lipinski definition) is 1. The molecule has 0 saturated carbocycles. The van der Waals surface area contributed by atoms with Crippen LogP contribution in [0.15, 0.2) is 12.1 Å². The monoisotopic (exact) mass is 225 g/mol. The summed E-state index contributed by atoms with van der Waals surface area (Å²) < 4.78 is 26.7. The van der Waals surface area contributed by atoms with Gasteiger partial charge in [-0.05, 0) is 42.5 Å². The van der Waals surface area contributed by atoms with Crippen molar-refractivity contribution in [1.29, 1.82) is 0 Å². The third-order valence-corrected chi connectivity index (χ3v) is 3.24. The normalized spacial score (nSPS) is 23.5. The second kappa shape index (κ2) is 4.50. The Kier molecular flexibility index (Phi) is 3.24. The lowest BCUT2D eigenvalue weighted by Gasteiger charge is -2.18. The largest absolute Gasteiger partial charge is 0.310 e. The lowest BCUT2D eigenvalue weighted by Crippen LogP contribution is -2.24. The van der Waals surface area contributed by atoms with Crippen molar-refractivity contribution in [2.24, 2.45) is 5.92 Å². The number of halogens is 2. The molecule has 2 unspecified atom stereocenters. The predicted molar refractivity (Wildman–Crippen MR) is 60.3 cm³/mol. The molecule has 0 radical (unpaired) electrons. The van der Waals surface area contributed by atoms with Crippen LogP contribution < -0.4 is 5.32 Å². The Bertz CT molecular complexity index is 390. The minimum Gasteiger partial charge on any atom is -0.310 e. The van der Waals surface area contributed by atoms with Gasteiger partial charge in [0, 0.05) is 12.1 Å². The van der Waals surface area contributed by atoms with Crippen LogP contribution in [0.3, 0.4) is 0 Å². The van der Waals surface area contributed by atoms with Gasteiger partial charge in [0.15, 0.2) is 0 Å². The van der Waals surface area contributed by atoms with Crippen LogP contribution in [-0.4, -0.2) is 6.54 Å². The van der Waals surface area contributed by atoms with Crippen LogP contribution in [-0.2, 0) is 6.42 Å². The molecule has 1 aliphatic rings. The molecule has 1 aromatic carbocycles. The molecule has 0 saturated heterocycles. The molecule has 0 bridgehead atoms. The molecule has 1 nitrogen and oxygen atoms in total. The fourth-order valence-corrected chi connectivity index (χ4v) is 2.47. The summed E-state index contributed by atoms with van der Waals surface area (Å²) in [5.41, 5.74) is 1.49. The average Bonchev–Trinajstić information content (AvgIpc) is 2.53. The van der Waals surface area contributed by atoms with Gasteiger partial charge in [0.2, 0.25) is 0 Å². The van der Waals surface area contributed by atoms with Gasteiger partial charge in [-0.25, -0.2) is 8.78 Å². The molecule has 0 fully saturated rings. The summed E-state index contributed by atoms with van der Waals surface area (Å²) in [6, 6.07) is 2.54. The first-order chi connectivity index (χ1) is 7.63. The molecule has 2 rings (SSSR count). The molecule has 88 valence electrons. The van der Waals surface area contributed by atoms with Crippen LogP contribution in [0, 0.1) is 17.6 Å². The van der Waals surface area contributed by atoms with Crippen molar-refractivity contribution < 1.29 is 8.78 Å². The summed E-state index contributed by atoms with van der Waals surface area (Å²) in [6.07, 6.45) is 1.72. The molecule has 0 heterocycles. The van der Waals surface area contributed by atoms with Crippen LogP contribution >= 0.6 is 0 Å². The summed E-state index contributed by atoms with van der Waals surface area (Å²) in [5.74, 6) is -0.547. The fourth-order valence-electron chi connectivity index (χ4n) is 2.47. The lowest BCUT2D eigenvalue weighted by atomic mass is 10.0. The highest BCUT2D eigenvalue weighted by atomic mass is 19.1. The van der Waals surface area contributed by atoms with E-state index < -0.39 is 11.6 Å². The molecular formula is C13H17F2N. The lowest BCUT2D eigenvalue weighted by molar-refractivity contribution is 0.416. The van der Waals surface area contributed by atoms with E-state index in [9.17, 15) is 8.78 Å². The first kappa shape index (κ1) is 11.5. The summed E-state index contributed by atoms with van der Waals surface area (Å²) in [5, 5.41) is 3.36. The number of nitrogens with one attached hydrogen (secondary N) is 1. The molecule has 0 spiro atoms. The topological polar surface area (TPSA) is 12.0 Å². The summed E-state index contributed by atoms with van der Waals surface area (Å²) >= 11 is 0. The fraction of sp³-hybridized carbons (Fsp3) is 0.538. The van der Waals surface area contributed by atoms with Gasteiger partial charge in [0.1, 0.15) is 11.6 Å². The Labute approximate surface area is 94.9 Å². The van der Waals surface area contributed by atoms with Gasteiger partial charge in [-0.15, -0.1) is 0 Å². The van der Waals surface area contributed by atoms with Gasteiger partial charge in [-0.3, -0.25) is 0 Å². The van der Waals surface area contributed by atoms with Crippen LogP contribution in [0.25, 0.3) is 0 Å². The highest BCUT2D eigenvalue weighted by Gasteiger charge is 2.31. The molecule has 0 amide bonds. The standard InChI is InChI=1S/C13H17F2N/c1-3-4-16-13-8(2)5-10-11(13)6-9(14)7-12(10)15/h6-8,13,16H,3-5H2,1-2H3. The highest BCUT2D eigenvalue weighted by Crippen LogP contribution is 2.37. The van der Waals surface area contributed by atoms with Crippen LogP contribution in [0.4, 0.5) is 8.78 Å². The minimum absolute atomic E-state index is 0.0974. The SMILES string of the molecule is CCCNC1c2cc(F)cc(F)c2CC1C. The van der Waals surface area contributed by atoms with Gasteiger partial charge >= 0.3 is 0 Å². The Hall–Kier alpha value is -0.960. The molecule has 1 aliphatic carbocycles. The van der Waals surface area contributed by atoms with Crippen molar-refractivity contribution >= 4 is 0 Å². The summed E-state index contributed by atoms with van der Waals surface area (Å²) in [6.45, 7) is 5.04. The van der Waals surface area contributed by atoms with E-state index in [4.69, 9.17) is 0 Å². The number of benzene rings is 1. The van der Waals surface area contributed by atoms with E-state index in [2.05, 4.69) is 19.2 Å². The first-order valence-electron chi connectivity index (χ1n) is 5.84. The van der Waals surface area contributed by atoms with Gasteiger partial charge in [0.05, 0.1) is 0 Å². The predicted octanol–water partition coefficient (Wildman–Crippen LogP) is 3.20. The zero-order chi connectivity index (χ0) is 11.7. The van der Waals surface area contributed by atoms with E-state index in [1.54, 1.807) is 0 Å². The average molecular weight is 225 g/mol. The highest BCUT2D eigenvalue weighted by molar-refractivity contribution is 5.37. The first-order valence-corrected chi connectivity index (χ1v) is 5.84. The number of fused-ring (bicyclic) bond motifs is 1. The van der Waals surface area contributed by atoms with Crippen molar-refractivity contribution in [2.45, 2.75) is 32.7 Å². The van der Waals surface area contributed by atoms with Gasteiger partial charge < -0.3 is 5.32 Å². The van der Waals surface area contributed by atoms with Crippen molar-refractivity contribution in [3.05, 3.63) is 34.9 Å². The van der Waals surface area contributed by atoms with Crippen molar-refractivity contribution in [3.8, 4) is 0 Å². The second-order valence-corrected chi connectivity index (χ2v) is 4.57. The molecule has 16 heavy (non-hydrogen) atoms. The maximum absolute atomic E-state index is 13.6. The third-order valence-electron chi connectivity index (χ3n) is 3.24. The van der Waals surface area contributed by atoms with E-state index in [0.29, 0.717) is 17.9 Å². The third kappa shape index (κ3) is 1.96. The Morgan fingerprint density at radius 1 is 1.38 bits per heavy atom. The van der Waals surface area contributed by atoms with E-state index in [0.717, 1.165) is 24.6 Å². The molecule has 3 heteroatoms. The van der Waals surface area contributed by atoms with Gasteiger partial charge in [-0.1, -0.05) is 13.8 Å². The van der Waals surface area contributed by atoms with Crippen molar-refractivity contribution in [1.82, 2.24) is 5.32 Å². The number of hydrogen-bond donors (Lipinski definition) is 1. The second-order valence-electron chi connectivity index (χ2n) is 4.57. The van der Waals surface area contributed by atoms with Crippen molar-refractivity contribution in [3.63, 3.8) is 0 Å². The van der Waals surface area contributed by atoms with E-state index in [-0.39, 0.29) is 6.04 Å². The molecule has 1 aromatic rings. The summed E-state index contributed by atoms with van der Waals surface area (Å²) in [7, 11) is 0. The Morgan fingerprint density at radius 3 is 2.81 bits per heavy atom. The zero-order valence-electron chi connectivity index (χ0n) is 9.69. The molecule has 2 atom stereocenters. The molecule has 0 aliphatic heterocycles. The smallest absolute Gasteiger partial charge is 0.129 e. The zero-order valence-corrected chi connectivity index (χ0v) is 9.69. The van der Waals surface area contributed by atoms with E-state index in [1.807, 2.05) is 0 Å². The van der Waals surface area contributed by atoms with Crippen LogP contribution in [0.1, 0.15) is 37.4 Å². The summed E-state index contributed by atoms with van der Waals surface area (Å²) in [4.78, 5) is 0. The van der Waals surface area contributed by atoms with Crippen LogP contribution in [0.2, 0.25) is 0 Å². The van der Waals surface area contributed by atoms with Crippen molar-refractivity contribution in [2.75, 3.05) is 6.54 Å². The Balaban J connectivity index is 2.32. The number of rotatable bonds is 3. The van der Waals surface area contributed by atoms with E-state index in [1.165, 1.54) is 6.07 Å².